The second-order valence-corrected chi connectivity index (χ2v) is 4.68. The minimum absolute atomic E-state index is 0.288. The minimum Gasteiger partial charge on any atom is -0.501 e. The summed E-state index contributed by atoms with van der Waals surface area (Å²) >= 11 is 0. The van der Waals surface area contributed by atoms with Gasteiger partial charge in [-0.2, -0.15) is 13.2 Å². The predicted octanol–water partition coefficient (Wildman–Crippen LogP) is 3.27. The topological polar surface area (TPSA) is 35.2 Å². The summed E-state index contributed by atoms with van der Waals surface area (Å²) in [4.78, 5) is 0. The molecular weight excluding hydrogens is 255 g/mol. The Morgan fingerprint density at radius 2 is 2.11 bits per heavy atom. The van der Waals surface area contributed by atoms with Crippen molar-refractivity contribution in [1.82, 2.24) is 0 Å². The molecule has 0 aromatic heterocycles. The monoisotopic (exact) mass is 271 g/mol. The maximum atomic E-state index is 12.6. The molecule has 0 saturated carbocycles. The first-order valence-electron chi connectivity index (χ1n) is 6.19. The average molecular weight is 271 g/mol. The van der Waals surface area contributed by atoms with Gasteiger partial charge in [0.15, 0.2) is 0 Å². The molecule has 0 spiro atoms. The van der Waals surface area contributed by atoms with Crippen molar-refractivity contribution in [3.8, 4) is 0 Å². The second-order valence-electron chi connectivity index (χ2n) is 4.68. The third-order valence-corrected chi connectivity index (χ3v) is 3.15. The lowest BCUT2D eigenvalue weighted by Gasteiger charge is -2.20. The van der Waals surface area contributed by atoms with Crippen LogP contribution < -0.4 is 5.73 Å². The van der Waals surface area contributed by atoms with Crippen LogP contribution in [0.1, 0.15) is 24.0 Å². The molecule has 19 heavy (non-hydrogen) atoms. The lowest BCUT2D eigenvalue weighted by Crippen LogP contribution is -2.27. The van der Waals surface area contributed by atoms with Gasteiger partial charge < -0.3 is 10.5 Å². The van der Waals surface area contributed by atoms with Gasteiger partial charge in [0.25, 0.3) is 0 Å². The maximum Gasteiger partial charge on any atom is 0.416 e. The Kier molecular flexibility index (Phi) is 4.14. The Bertz CT molecular complexity index is 468. The fourth-order valence-corrected chi connectivity index (χ4v) is 2.12. The number of nitrogens with two attached hydrogens (primary N) is 1. The zero-order valence-corrected chi connectivity index (χ0v) is 10.4. The molecule has 1 aliphatic rings. The molecule has 1 atom stereocenters. The molecule has 1 aromatic carbocycles. The van der Waals surface area contributed by atoms with Crippen LogP contribution in [-0.2, 0) is 17.3 Å². The lowest BCUT2D eigenvalue weighted by molar-refractivity contribution is -0.137. The summed E-state index contributed by atoms with van der Waals surface area (Å²) in [6, 6.07) is 5.02. The fraction of sp³-hybridized carbons (Fsp3) is 0.429. The maximum absolute atomic E-state index is 12.6. The van der Waals surface area contributed by atoms with Gasteiger partial charge >= 0.3 is 6.18 Å². The number of hydrogen-bond acceptors (Lipinski definition) is 2. The molecule has 0 fully saturated rings. The van der Waals surface area contributed by atoms with E-state index < -0.39 is 11.7 Å². The first kappa shape index (κ1) is 13.9. The van der Waals surface area contributed by atoms with Crippen molar-refractivity contribution in [2.75, 3.05) is 6.61 Å². The highest BCUT2D eigenvalue weighted by atomic mass is 19.4. The highest BCUT2D eigenvalue weighted by Crippen LogP contribution is 2.30. The molecule has 0 amide bonds. The van der Waals surface area contributed by atoms with Gasteiger partial charge in [-0.25, -0.2) is 0 Å². The third-order valence-electron chi connectivity index (χ3n) is 3.15. The number of rotatable bonds is 3. The Morgan fingerprint density at radius 3 is 2.74 bits per heavy atom. The average Bonchev–Trinajstić information content (AvgIpc) is 2.39. The van der Waals surface area contributed by atoms with E-state index in [1.54, 1.807) is 12.3 Å². The van der Waals surface area contributed by atoms with Gasteiger partial charge in [-0.05, 0) is 36.5 Å². The number of hydrogen-bond donors (Lipinski definition) is 1. The Hall–Kier alpha value is -1.49. The second kappa shape index (κ2) is 5.65. The summed E-state index contributed by atoms with van der Waals surface area (Å²) in [7, 11) is 0. The highest BCUT2D eigenvalue weighted by molar-refractivity contribution is 5.27. The van der Waals surface area contributed by atoms with Gasteiger partial charge in [0, 0.05) is 6.04 Å². The standard InChI is InChI=1S/C14H16F3NO/c15-14(16,17)12-5-1-3-10(7-12)8-13(18)11-4-2-6-19-9-11/h1,3,5,7,9,13H,2,4,6,8,18H2. The summed E-state index contributed by atoms with van der Waals surface area (Å²) in [5.41, 5.74) is 6.93. The van der Waals surface area contributed by atoms with Crippen molar-refractivity contribution in [3.63, 3.8) is 0 Å². The molecular formula is C14H16F3NO. The van der Waals surface area contributed by atoms with Gasteiger partial charge in [-0.15, -0.1) is 0 Å². The molecule has 5 heteroatoms. The van der Waals surface area contributed by atoms with E-state index >= 15 is 0 Å². The van der Waals surface area contributed by atoms with Gasteiger partial charge in [0.1, 0.15) is 0 Å². The molecule has 0 bridgehead atoms. The van der Waals surface area contributed by atoms with Crippen LogP contribution in [0.3, 0.4) is 0 Å². The summed E-state index contributed by atoms with van der Waals surface area (Å²) in [6.07, 6.45) is -0.531. The van der Waals surface area contributed by atoms with Crippen molar-refractivity contribution < 1.29 is 17.9 Å². The van der Waals surface area contributed by atoms with Crippen molar-refractivity contribution in [2.45, 2.75) is 31.5 Å². The normalized spacial score (nSPS) is 17.6. The quantitative estimate of drug-likeness (QED) is 0.915. The largest absolute Gasteiger partial charge is 0.501 e. The SMILES string of the molecule is NC(Cc1cccc(C(F)(F)F)c1)C1=COCCC1. The Labute approximate surface area is 110 Å². The van der Waals surface area contributed by atoms with E-state index in [1.165, 1.54) is 6.07 Å². The Balaban J connectivity index is 2.08. The summed E-state index contributed by atoms with van der Waals surface area (Å²) in [5, 5.41) is 0. The van der Waals surface area contributed by atoms with Crippen molar-refractivity contribution >= 4 is 0 Å². The molecule has 1 aliphatic heterocycles. The van der Waals surface area contributed by atoms with Gasteiger partial charge in [-0.3, -0.25) is 0 Å². The smallest absolute Gasteiger partial charge is 0.416 e. The van der Waals surface area contributed by atoms with Crippen LogP contribution in [0.5, 0.6) is 0 Å². The molecule has 2 N–H and O–H groups in total. The van der Waals surface area contributed by atoms with Gasteiger partial charge in [-0.1, -0.05) is 18.2 Å². The van der Waals surface area contributed by atoms with Crippen molar-refractivity contribution in [1.29, 1.82) is 0 Å². The molecule has 104 valence electrons. The first-order chi connectivity index (χ1) is 8.97. The van der Waals surface area contributed by atoms with Crippen LogP contribution in [0.4, 0.5) is 13.2 Å². The first-order valence-corrected chi connectivity index (χ1v) is 6.19. The van der Waals surface area contributed by atoms with Crippen LogP contribution in [0.2, 0.25) is 0 Å². The zero-order chi connectivity index (χ0) is 13.9. The van der Waals surface area contributed by atoms with Gasteiger partial charge in [0.05, 0.1) is 18.4 Å². The van der Waals surface area contributed by atoms with E-state index in [1.807, 2.05) is 0 Å². The summed E-state index contributed by atoms with van der Waals surface area (Å²) < 4.78 is 43.0. The lowest BCUT2D eigenvalue weighted by atomic mass is 9.95. The van der Waals surface area contributed by atoms with Crippen molar-refractivity contribution in [2.24, 2.45) is 5.73 Å². The van der Waals surface area contributed by atoms with Crippen LogP contribution in [0.25, 0.3) is 0 Å². The molecule has 2 rings (SSSR count). The molecule has 0 radical (unpaired) electrons. The number of alkyl halides is 3. The van der Waals surface area contributed by atoms with Crippen LogP contribution in [-0.4, -0.2) is 12.6 Å². The van der Waals surface area contributed by atoms with E-state index in [0.717, 1.165) is 30.5 Å². The zero-order valence-electron chi connectivity index (χ0n) is 10.4. The minimum atomic E-state index is -4.31. The third kappa shape index (κ3) is 3.73. The van der Waals surface area contributed by atoms with Crippen LogP contribution >= 0.6 is 0 Å². The van der Waals surface area contributed by atoms with E-state index in [9.17, 15) is 13.2 Å². The van der Waals surface area contributed by atoms with Crippen LogP contribution in [0, 0.1) is 0 Å². The summed E-state index contributed by atoms with van der Waals surface area (Å²) in [6.45, 7) is 0.680. The fourth-order valence-electron chi connectivity index (χ4n) is 2.12. The number of ether oxygens (including phenoxy) is 1. The molecule has 1 heterocycles. The van der Waals surface area contributed by atoms with E-state index in [0.29, 0.717) is 18.6 Å². The van der Waals surface area contributed by atoms with E-state index in [-0.39, 0.29) is 6.04 Å². The van der Waals surface area contributed by atoms with Crippen molar-refractivity contribution in [3.05, 3.63) is 47.2 Å². The molecule has 1 unspecified atom stereocenters. The van der Waals surface area contributed by atoms with Gasteiger partial charge in [0.2, 0.25) is 0 Å². The molecule has 0 aliphatic carbocycles. The molecule has 1 aromatic rings. The van der Waals surface area contributed by atoms with Crippen LogP contribution in [0.15, 0.2) is 36.1 Å². The summed E-state index contributed by atoms with van der Waals surface area (Å²) in [5.74, 6) is 0. The number of benzene rings is 1. The molecule has 0 saturated heterocycles. The van der Waals surface area contributed by atoms with E-state index in [4.69, 9.17) is 10.5 Å². The highest BCUT2D eigenvalue weighted by Gasteiger charge is 2.30. The Morgan fingerprint density at radius 1 is 1.32 bits per heavy atom. The number of halogens is 3. The van der Waals surface area contributed by atoms with E-state index in [2.05, 4.69) is 0 Å². The predicted molar refractivity (Wildman–Crippen MR) is 66.4 cm³/mol. The molecule has 2 nitrogen and oxygen atoms in total.